The molecule has 0 aliphatic heterocycles. The van der Waals surface area contributed by atoms with Crippen LogP contribution in [0.5, 0.6) is 0 Å². The van der Waals surface area contributed by atoms with Gasteiger partial charge < -0.3 is 9.72 Å². The molecule has 2 aromatic rings. The third-order valence-electron chi connectivity index (χ3n) is 4.67. The number of carbonyl (C=O) groups is 1. The van der Waals surface area contributed by atoms with E-state index in [0.29, 0.717) is 18.5 Å². The molecule has 2 N–H and O–H groups in total. The zero-order chi connectivity index (χ0) is 20.5. The monoisotopic (exact) mass is 437 g/mol. The second-order valence-corrected chi connectivity index (χ2v) is 9.07. The number of halogens is 3. The lowest BCUT2D eigenvalue weighted by molar-refractivity contribution is -0.183. The minimum absolute atomic E-state index is 0.0249. The van der Waals surface area contributed by atoms with Crippen molar-refractivity contribution in [2.24, 2.45) is 5.92 Å². The van der Waals surface area contributed by atoms with Gasteiger partial charge in [-0.15, -0.1) is 11.3 Å². The Balaban J connectivity index is 1.72. The zero-order valence-corrected chi connectivity index (χ0v) is 16.4. The number of ether oxygens (including phenoxy) is 1. The van der Waals surface area contributed by atoms with E-state index in [1.165, 1.54) is 7.11 Å². The van der Waals surface area contributed by atoms with E-state index < -0.39 is 28.1 Å². The SMILES string of the molecule is COC(=O)c1cc(S(=O)(=O)Nc2nc(C3CCCC(C(F)(F)F)C3)cs2)c[nH]1. The number of aromatic amines is 1. The fourth-order valence-corrected chi connectivity index (χ4v) is 5.25. The van der Waals surface area contributed by atoms with Crippen LogP contribution in [0.25, 0.3) is 0 Å². The van der Waals surface area contributed by atoms with Crippen LogP contribution in [0.15, 0.2) is 22.5 Å². The molecule has 0 radical (unpaired) electrons. The van der Waals surface area contributed by atoms with Crippen molar-refractivity contribution in [2.75, 3.05) is 11.8 Å². The highest BCUT2D eigenvalue weighted by atomic mass is 32.2. The molecule has 154 valence electrons. The predicted molar refractivity (Wildman–Crippen MR) is 95.8 cm³/mol. The van der Waals surface area contributed by atoms with Crippen molar-refractivity contribution in [1.29, 1.82) is 0 Å². The fraction of sp³-hybridized carbons (Fsp3) is 0.500. The number of carbonyl (C=O) groups excluding carboxylic acids is 1. The molecule has 2 heterocycles. The Morgan fingerprint density at radius 1 is 1.39 bits per heavy atom. The molecule has 0 amide bonds. The lowest BCUT2D eigenvalue weighted by Crippen LogP contribution is -2.28. The summed E-state index contributed by atoms with van der Waals surface area (Å²) in [5, 5.41) is 1.64. The average molecular weight is 437 g/mol. The van der Waals surface area contributed by atoms with E-state index >= 15 is 0 Å². The number of nitrogens with zero attached hydrogens (tertiary/aromatic N) is 1. The van der Waals surface area contributed by atoms with Crippen LogP contribution in [0, 0.1) is 5.92 Å². The molecule has 28 heavy (non-hydrogen) atoms. The lowest BCUT2D eigenvalue weighted by atomic mass is 9.80. The summed E-state index contributed by atoms with van der Waals surface area (Å²) in [5.74, 6) is -2.42. The zero-order valence-electron chi connectivity index (χ0n) is 14.7. The van der Waals surface area contributed by atoms with Crippen molar-refractivity contribution in [2.45, 2.75) is 42.7 Å². The van der Waals surface area contributed by atoms with E-state index in [2.05, 4.69) is 19.4 Å². The van der Waals surface area contributed by atoms with E-state index in [0.717, 1.165) is 23.6 Å². The summed E-state index contributed by atoms with van der Waals surface area (Å²) in [6.45, 7) is 0. The van der Waals surface area contributed by atoms with Crippen LogP contribution in [-0.4, -0.2) is 37.6 Å². The van der Waals surface area contributed by atoms with Crippen molar-refractivity contribution < 1.29 is 31.1 Å². The van der Waals surface area contributed by atoms with Gasteiger partial charge in [0.05, 0.1) is 18.7 Å². The number of alkyl halides is 3. The van der Waals surface area contributed by atoms with Crippen LogP contribution in [0.3, 0.4) is 0 Å². The van der Waals surface area contributed by atoms with Gasteiger partial charge in [0.2, 0.25) is 0 Å². The molecule has 0 spiro atoms. The molecule has 1 saturated carbocycles. The molecule has 0 saturated heterocycles. The number of methoxy groups -OCH3 is 1. The quantitative estimate of drug-likeness (QED) is 0.691. The summed E-state index contributed by atoms with van der Waals surface area (Å²) < 4.78 is 70.6. The number of hydrogen-bond acceptors (Lipinski definition) is 6. The van der Waals surface area contributed by atoms with Crippen LogP contribution in [0.2, 0.25) is 0 Å². The number of esters is 1. The molecule has 3 rings (SSSR count). The van der Waals surface area contributed by atoms with Crippen molar-refractivity contribution in [3.8, 4) is 0 Å². The smallest absolute Gasteiger partial charge is 0.391 e. The molecular weight excluding hydrogens is 419 g/mol. The first-order chi connectivity index (χ1) is 13.1. The Morgan fingerprint density at radius 2 is 2.14 bits per heavy atom. The maximum atomic E-state index is 13.0. The van der Waals surface area contributed by atoms with Gasteiger partial charge in [-0.3, -0.25) is 4.72 Å². The molecule has 1 fully saturated rings. The first-order valence-electron chi connectivity index (χ1n) is 8.42. The molecule has 0 bridgehead atoms. The van der Waals surface area contributed by atoms with E-state index in [1.54, 1.807) is 5.38 Å². The summed E-state index contributed by atoms with van der Waals surface area (Å²) in [6.07, 6.45) is -1.99. The largest absolute Gasteiger partial charge is 0.464 e. The summed E-state index contributed by atoms with van der Waals surface area (Å²) in [6, 6.07) is 1.12. The molecule has 2 aromatic heterocycles. The molecule has 1 aliphatic carbocycles. The first-order valence-corrected chi connectivity index (χ1v) is 10.8. The van der Waals surface area contributed by atoms with Crippen molar-refractivity contribution in [1.82, 2.24) is 9.97 Å². The molecular formula is C16H18F3N3O4S2. The van der Waals surface area contributed by atoms with Crippen LogP contribution >= 0.6 is 11.3 Å². The third-order valence-corrected chi connectivity index (χ3v) is 6.89. The third kappa shape index (κ3) is 4.49. The summed E-state index contributed by atoms with van der Waals surface area (Å²) in [7, 11) is -2.84. The Morgan fingerprint density at radius 3 is 2.82 bits per heavy atom. The average Bonchev–Trinajstić information content (AvgIpc) is 3.30. The van der Waals surface area contributed by atoms with E-state index in [1.807, 2.05) is 0 Å². The lowest BCUT2D eigenvalue weighted by Gasteiger charge is -2.29. The molecule has 0 aromatic carbocycles. The normalized spacial score (nSPS) is 20.7. The second-order valence-electron chi connectivity index (χ2n) is 6.53. The Hall–Kier alpha value is -2.08. The van der Waals surface area contributed by atoms with Gasteiger partial charge in [-0.2, -0.15) is 13.2 Å². The van der Waals surface area contributed by atoms with Gasteiger partial charge in [-0.25, -0.2) is 18.2 Å². The van der Waals surface area contributed by atoms with Gasteiger partial charge in [0.25, 0.3) is 10.0 Å². The van der Waals surface area contributed by atoms with Gasteiger partial charge in [0.1, 0.15) is 10.6 Å². The number of thiazole rings is 1. The van der Waals surface area contributed by atoms with Crippen LogP contribution < -0.4 is 4.72 Å². The number of anilines is 1. The van der Waals surface area contributed by atoms with Gasteiger partial charge in [0, 0.05) is 17.5 Å². The van der Waals surface area contributed by atoms with Crippen LogP contribution in [-0.2, 0) is 14.8 Å². The number of hydrogen-bond donors (Lipinski definition) is 2. The van der Waals surface area contributed by atoms with Crippen molar-refractivity contribution in [3.05, 3.63) is 29.0 Å². The highest BCUT2D eigenvalue weighted by Crippen LogP contribution is 2.44. The maximum Gasteiger partial charge on any atom is 0.391 e. The van der Waals surface area contributed by atoms with Crippen LogP contribution in [0.1, 0.15) is 47.8 Å². The number of H-pyrrole nitrogens is 1. The number of rotatable bonds is 5. The first kappa shape index (κ1) is 20.6. The number of nitrogens with one attached hydrogen (secondary N) is 2. The maximum absolute atomic E-state index is 13.0. The van der Waals surface area contributed by atoms with Crippen LogP contribution in [0.4, 0.5) is 18.3 Å². The molecule has 2 unspecified atom stereocenters. The van der Waals surface area contributed by atoms with E-state index in [4.69, 9.17) is 0 Å². The highest BCUT2D eigenvalue weighted by Gasteiger charge is 2.42. The van der Waals surface area contributed by atoms with Crippen molar-refractivity contribution >= 4 is 32.5 Å². The van der Waals surface area contributed by atoms with E-state index in [9.17, 15) is 26.4 Å². The molecule has 12 heteroatoms. The Bertz CT molecular complexity index is 952. The molecule has 7 nitrogen and oxygen atoms in total. The van der Waals surface area contributed by atoms with Crippen molar-refractivity contribution in [3.63, 3.8) is 0 Å². The number of aromatic nitrogens is 2. The minimum atomic E-state index is -4.23. The second kappa shape index (κ2) is 7.74. The number of sulfonamides is 1. The minimum Gasteiger partial charge on any atom is -0.464 e. The van der Waals surface area contributed by atoms with E-state index in [-0.39, 0.29) is 34.5 Å². The molecule has 2 atom stereocenters. The summed E-state index contributed by atoms with van der Waals surface area (Å²) in [5.41, 5.74) is 0.434. The fourth-order valence-electron chi connectivity index (χ4n) is 3.21. The summed E-state index contributed by atoms with van der Waals surface area (Å²) >= 11 is 1.01. The standard InChI is InChI=1S/C16H18F3N3O4S2/c1-26-14(23)12-6-11(7-20-12)28(24,25)22-15-21-13(8-27-15)9-3-2-4-10(5-9)16(17,18)19/h6-10,20H,2-5H2,1H3,(H,21,22). The Labute approximate surface area is 163 Å². The summed E-state index contributed by atoms with van der Waals surface area (Å²) in [4.78, 5) is 17.9. The van der Waals surface area contributed by atoms with Gasteiger partial charge in [0.15, 0.2) is 5.13 Å². The predicted octanol–water partition coefficient (Wildman–Crippen LogP) is 3.89. The Kier molecular flexibility index (Phi) is 5.71. The van der Waals surface area contributed by atoms with Gasteiger partial charge in [-0.05, 0) is 25.3 Å². The van der Waals surface area contributed by atoms with Gasteiger partial charge >= 0.3 is 12.1 Å². The molecule has 1 aliphatic rings. The topological polar surface area (TPSA) is 101 Å². The van der Waals surface area contributed by atoms with Gasteiger partial charge in [-0.1, -0.05) is 6.42 Å². The highest BCUT2D eigenvalue weighted by molar-refractivity contribution is 7.93.